The molecule has 0 spiro atoms. The van der Waals surface area contributed by atoms with Gasteiger partial charge in [0.05, 0.1) is 5.57 Å². The number of fused-ring (bicyclic) bond motifs is 1. The molecular weight excluding hydrogens is 273 g/mol. The second kappa shape index (κ2) is 7.22. The van der Waals surface area contributed by atoms with E-state index in [2.05, 4.69) is 5.32 Å². The Kier molecular flexibility index (Phi) is 5.33. The van der Waals surface area contributed by atoms with E-state index in [-0.39, 0.29) is 30.9 Å². The van der Waals surface area contributed by atoms with E-state index in [0.717, 1.165) is 6.42 Å². The lowest BCUT2D eigenvalue weighted by atomic mass is 10.0. The highest BCUT2D eigenvalue weighted by molar-refractivity contribution is 5.99. The molecule has 0 saturated heterocycles. The number of carbonyl (C=O) groups is 1. The Balaban J connectivity index is 2.00. The second-order valence-corrected chi connectivity index (χ2v) is 5.14. The largest absolute Gasteiger partial charge is 0.488 e. The summed E-state index contributed by atoms with van der Waals surface area (Å²) in [6.07, 6.45) is 3.22. The van der Waals surface area contributed by atoms with Crippen molar-refractivity contribution in [1.82, 2.24) is 5.32 Å². The molecule has 114 valence electrons. The summed E-state index contributed by atoms with van der Waals surface area (Å²) in [6.45, 7) is 2.84. The zero-order valence-electron chi connectivity index (χ0n) is 12.1. The number of ether oxygens (including phenoxy) is 1. The molecule has 0 saturated carbocycles. The van der Waals surface area contributed by atoms with Crippen LogP contribution in [0.1, 0.15) is 25.3 Å². The lowest BCUT2D eigenvalue weighted by Gasteiger charge is -2.19. The average molecular weight is 293 g/mol. The number of benzene rings is 1. The smallest absolute Gasteiger partial charge is 0.250 e. The van der Waals surface area contributed by atoms with Gasteiger partial charge in [0, 0.05) is 18.7 Å². The topological polar surface area (TPSA) is 58.6 Å². The predicted octanol–water partition coefficient (Wildman–Crippen LogP) is 2.13. The number of halogens is 1. The van der Waals surface area contributed by atoms with Gasteiger partial charge < -0.3 is 15.2 Å². The maximum Gasteiger partial charge on any atom is 0.250 e. The van der Waals surface area contributed by atoms with E-state index in [1.807, 2.05) is 6.92 Å². The van der Waals surface area contributed by atoms with Crippen molar-refractivity contribution in [2.24, 2.45) is 5.92 Å². The molecule has 0 fully saturated rings. The van der Waals surface area contributed by atoms with Crippen LogP contribution in [0, 0.1) is 11.7 Å². The monoisotopic (exact) mass is 293 g/mol. The third-order valence-electron chi connectivity index (χ3n) is 3.64. The van der Waals surface area contributed by atoms with Crippen molar-refractivity contribution in [3.63, 3.8) is 0 Å². The zero-order chi connectivity index (χ0) is 15.2. The SMILES string of the molecule is CCC(CCO)CNC(=O)C1=Cc2cc(F)ccc2OC1. The zero-order valence-corrected chi connectivity index (χ0v) is 12.1. The average Bonchev–Trinajstić information content (AvgIpc) is 2.50. The standard InChI is InChI=1S/C16H20FNO3/c1-2-11(5-6-19)9-18-16(20)13-7-12-8-14(17)3-4-15(12)21-10-13/h3-4,7-8,11,19H,2,5-6,9-10H2,1H3,(H,18,20). The lowest BCUT2D eigenvalue weighted by molar-refractivity contribution is -0.118. The molecule has 4 nitrogen and oxygen atoms in total. The summed E-state index contributed by atoms with van der Waals surface area (Å²) < 4.78 is 18.7. The Morgan fingerprint density at radius 2 is 2.33 bits per heavy atom. The molecule has 0 bridgehead atoms. The number of hydrogen-bond acceptors (Lipinski definition) is 3. The maximum atomic E-state index is 13.2. The Labute approximate surface area is 123 Å². The molecule has 2 N–H and O–H groups in total. The van der Waals surface area contributed by atoms with Crippen molar-refractivity contribution in [1.29, 1.82) is 0 Å². The molecular formula is C16H20FNO3. The van der Waals surface area contributed by atoms with Crippen LogP contribution in [0.4, 0.5) is 4.39 Å². The van der Waals surface area contributed by atoms with Crippen molar-refractivity contribution in [3.8, 4) is 5.75 Å². The number of amides is 1. The van der Waals surface area contributed by atoms with Crippen LogP contribution in [0.5, 0.6) is 5.75 Å². The first kappa shape index (κ1) is 15.5. The molecule has 0 aromatic heterocycles. The molecule has 1 atom stereocenters. The van der Waals surface area contributed by atoms with Crippen molar-refractivity contribution in [2.75, 3.05) is 19.8 Å². The molecule has 1 aliphatic rings. The Bertz CT molecular complexity index is 542. The third kappa shape index (κ3) is 4.04. The van der Waals surface area contributed by atoms with Crippen molar-refractivity contribution >= 4 is 12.0 Å². The van der Waals surface area contributed by atoms with E-state index in [0.29, 0.717) is 29.9 Å². The maximum absolute atomic E-state index is 13.2. The van der Waals surface area contributed by atoms with Crippen LogP contribution in [0.2, 0.25) is 0 Å². The summed E-state index contributed by atoms with van der Waals surface area (Å²) in [5.74, 6) is 0.277. The third-order valence-corrected chi connectivity index (χ3v) is 3.64. The van der Waals surface area contributed by atoms with Gasteiger partial charge in [0.1, 0.15) is 18.2 Å². The van der Waals surface area contributed by atoms with Gasteiger partial charge in [-0.2, -0.15) is 0 Å². The van der Waals surface area contributed by atoms with Gasteiger partial charge in [0.15, 0.2) is 0 Å². The summed E-state index contributed by atoms with van der Waals surface area (Å²) in [5, 5.41) is 11.8. The minimum absolute atomic E-state index is 0.118. The van der Waals surface area contributed by atoms with Crippen molar-refractivity contribution < 1.29 is 19.0 Å². The normalized spacial score (nSPS) is 14.7. The first-order valence-electron chi connectivity index (χ1n) is 7.16. The molecule has 1 heterocycles. The number of aliphatic hydroxyl groups is 1. The molecule has 5 heteroatoms. The highest BCUT2D eigenvalue weighted by Crippen LogP contribution is 2.26. The van der Waals surface area contributed by atoms with Gasteiger partial charge in [-0.1, -0.05) is 13.3 Å². The molecule has 1 aromatic rings. The summed E-state index contributed by atoms with van der Waals surface area (Å²) in [4.78, 5) is 12.1. The van der Waals surface area contributed by atoms with Gasteiger partial charge in [0.2, 0.25) is 0 Å². The fourth-order valence-electron chi connectivity index (χ4n) is 2.26. The molecule has 1 aliphatic heterocycles. The minimum atomic E-state index is -0.357. The fraction of sp³-hybridized carbons (Fsp3) is 0.438. The number of hydrogen-bond donors (Lipinski definition) is 2. The quantitative estimate of drug-likeness (QED) is 0.844. The van der Waals surface area contributed by atoms with Crippen LogP contribution in [0.15, 0.2) is 23.8 Å². The van der Waals surface area contributed by atoms with E-state index in [4.69, 9.17) is 9.84 Å². The predicted molar refractivity (Wildman–Crippen MR) is 78.4 cm³/mol. The van der Waals surface area contributed by atoms with Gasteiger partial charge in [-0.3, -0.25) is 4.79 Å². The van der Waals surface area contributed by atoms with Crippen LogP contribution >= 0.6 is 0 Å². The van der Waals surface area contributed by atoms with Gasteiger partial charge in [-0.15, -0.1) is 0 Å². The van der Waals surface area contributed by atoms with E-state index in [1.54, 1.807) is 12.1 Å². The summed E-state index contributed by atoms with van der Waals surface area (Å²) in [6, 6.07) is 4.24. The molecule has 0 radical (unpaired) electrons. The molecule has 1 amide bonds. The fourth-order valence-corrected chi connectivity index (χ4v) is 2.26. The van der Waals surface area contributed by atoms with Crippen molar-refractivity contribution in [2.45, 2.75) is 19.8 Å². The second-order valence-electron chi connectivity index (χ2n) is 5.14. The van der Waals surface area contributed by atoms with E-state index >= 15 is 0 Å². The summed E-state index contributed by atoms with van der Waals surface area (Å²) in [5.41, 5.74) is 1.06. The van der Waals surface area contributed by atoms with Gasteiger partial charge >= 0.3 is 0 Å². The Hall–Kier alpha value is -1.88. The van der Waals surface area contributed by atoms with Crippen LogP contribution in [-0.4, -0.2) is 30.8 Å². The first-order valence-corrected chi connectivity index (χ1v) is 7.16. The van der Waals surface area contributed by atoms with Crippen LogP contribution in [0.3, 0.4) is 0 Å². The molecule has 21 heavy (non-hydrogen) atoms. The number of nitrogens with one attached hydrogen (secondary N) is 1. The van der Waals surface area contributed by atoms with E-state index in [9.17, 15) is 9.18 Å². The van der Waals surface area contributed by atoms with Gasteiger partial charge in [0.25, 0.3) is 5.91 Å². The lowest BCUT2D eigenvalue weighted by Crippen LogP contribution is -2.32. The molecule has 1 aromatic carbocycles. The Morgan fingerprint density at radius 3 is 3.05 bits per heavy atom. The number of rotatable bonds is 6. The van der Waals surface area contributed by atoms with Gasteiger partial charge in [-0.05, 0) is 36.6 Å². The van der Waals surface area contributed by atoms with Crippen LogP contribution in [0.25, 0.3) is 6.08 Å². The highest BCUT2D eigenvalue weighted by Gasteiger charge is 2.18. The molecule has 2 rings (SSSR count). The van der Waals surface area contributed by atoms with Gasteiger partial charge in [-0.25, -0.2) is 4.39 Å². The number of carbonyl (C=O) groups excluding carboxylic acids is 1. The summed E-state index contributed by atoms with van der Waals surface area (Å²) in [7, 11) is 0. The van der Waals surface area contributed by atoms with Crippen LogP contribution in [-0.2, 0) is 4.79 Å². The Morgan fingerprint density at radius 1 is 1.52 bits per heavy atom. The molecule has 1 unspecified atom stereocenters. The van der Waals surface area contributed by atoms with E-state index in [1.165, 1.54) is 12.1 Å². The van der Waals surface area contributed by atoms with Crippen molar-refractivity contribution in [3.05, 3.63) is 35.2 Å². The first-order chi connectivity index (χ1) is 10.1. The molecule has 0 aliphatic carbocycles. The summed E-state index contributed by atoms with van der Waals surface area (Å²) >= 11 is 0. The highest BCUT2D eigenvalue weighted by atomic mass is 19.1. The van der Waals surface area contributed by atoms with Crippen LogP contribution < -0.4 is 10.1 Å². The minimum Gasteiger partial charge on any atom is -0.488 e. The van der Waals surface area contributed by atoms with E-state index < -0.39 is 0 Å². The number of aliphatic hydroxyl groups excluding tert-OH is 1.